The van der Waals surface area contributed by atoms with Crippen molar-refractivity contribution in [1.29, 1.82) is 0 Å². The molecular formula is C19H36N2OSi. The van der Waals surface area contributed by atoms with Gasteiger partial charge >= 0.3 is 0 Å². The average molecular weight is 337 g/mol. The number of rotatable bonds is 5. The summed E-state index contributed by atoms with van der Waals surface area (Å²) < 4.78 is 6.51. The molecule has 0 spiro atoms. The lowest BCUT2D eigenvalue weighted by Gasteiger charge is -2.41. The molecule has 4 heteroatoms. The zero-order valence-corrected chi connectivity index (χ0v) is 17.7. The van der Waals surface area contributed by atoms with Gasteiger partial charge in [-0.3, -0.25) is 0 Å². The summed E-state index contributed by atoms with van der Waals surface area (Å²) >= 11 is 0. The van der Waals surface area contributed by atoms with Gasteiger partial charge in [-0.25, -0.2) is 0 Å². The minimum absolute atomic E-state index is 0.133. The third kappa shape index (κ3) is 5.05. The highest BCUT2D eigenvalue weighted by molar-refractivity contribution is 6.74. The second-order valence-corrected chi connectivity index (χ2v) is 13.7. The maximum Gasteiger partial charge on any atom is 0.192 e. The lowest BCUT2D eigenvalue weighted by Crippen LogP contribution is -2.46. The molecule has 0 bridgehead atoms. The molecule has 1 rings (SSSR count). The first-order valence-electron chi connectivity index (χ1n) is 8.52. The zero-order chi connectivity index (χ0) is 18.1. The maximum atomic E-state index is 6.51. The van der Waals surface area contributed by atoms with E-state index in [1.807, 2.05) is 19.1 Å². The third-order valence-electron chi connectivity index (χ3n) is 5.26. The first-order chi connectivity index (χ1) is 10.3. The van der Waals surface area contributed by atoms with Crippen LogP contribution in [0.15, 0.2) is 29.4 Å². The quantitative estimate of drug-likeness (QED) is 0.397. The van der Waals surface area contributed by atoms with Gasteiger partial charge in [0, 0.05) is 32.0 Å². The maximum absolute atomic E-state index is 6.51. The highest BCUT2D eigenvalue weighted by Gasteiger charge is 2.41. The largest absolute Gasteiger partial charge is 0.416 e. The van der Waals surface area contributed by atoms with Gasteiger partial charge in [-0.05, 0) is 38.4 Å². The molecule has 0 aliphatic heterocycles. The van der Waals surface area contributed by atoms with E-state index in [0.29, 0.717) is 12.5 Å². The lowest BCUT2D eigenvalue weighted by molar-refractivity contribution is 0.225. The Labute approximate surface area is 144 Å². The normalized spacial score (nSPS) is 27.3. The van der Waals surface area contributed by atoms with Gasteiger partial charge in [-0.2, -0.15) is 5.10 Å². The molecule has 0 amide bonds. The average Bonchev–Trinajstić information content (AvgIpc) is 2.37. The van der Waals surface area contributed by atoms with Crippen LogP contribution in [0.2, 0.25) is 18.1 Å². The predicted octanol–water partition coefficient (Wildman–Crippen LogP) is 5.08. The van der Waals surface area contributed by atoms with Gasteiger partial charge in [0.15, 0.2) is 8.32 Å². The number of allylic oxidation sites excluding steroid dienone is 2. The number of hydrogen-bond acceptors (Lipinski definition) is 3. The van der Waals surface area contributed by atoms with Crippen molar-refractivity contribution in [2.24, 2.45) is 16.4 Å². The molecule has 0 fully saturated rings. The summed E-state index contributed by atoms with van der Waals surface area (Å²) in [6, 6.07) is 0. The van der Waals surface area contributed by atoms with Crippen molar-refractivity contribution in [2.45, 2.75) is 59.2 Å². The van der Waals surface area contributed by atoms with E-state index in [-0.39, 0.29) is 10.5 Å². The number of hydrogen-bond donors (Lipinski definition) is 0. The van der Waals surface area contributed by atoms with Crippen LogP contribution in [0.4, 0.5) is 0 Å². The molecule has 1 aliphatic carbocycles. The summed E-state index contributed by atoms with van der Waals surface area (Å²) in [4.78, 5) is 0. The van der Waals surface area contributed by atoms with E-state index >= 15 is 0 Å². The van der Waals surface area contributed by atoms with E-state index in [0.717, 1.165) is 6.42 Å². The summed E-state index contributed by atoms with van der Waals surface area (Å²) in [5.41, 5.74) is 2.25. The molecule has 0 unspecified atom stereocenters. The fourth-order valence-electron chi connectivity index (χ4n) is 2.35. The Balaban J connectivity index is 3.04. The van der Waals surface area contributed by atoms with Crippen LogP contribution in [0, 0.1) is 11.3 Å². The molecule has 0 radical (unpaired) electrons. The topological polar surface area (TPSA) is 24.8 Å². The number of hydrazone groups is 1. The standard InChI is InChI=1S/C19H36N2OSi/c1-15(2)16-11-12-19(6,17(13-16)20-21(7)8)14-22-23(9,10)18(3,4)5/h11-12,16H,1,13-14H2,2-10H3/b20-17+/t16-,19-/m1/s1. The molecular weight excluding hydrogens is 300 g/mol. The van der Waals surface area contributed by atoms with Crippen molar-refractivity contribution in [3.63, 3.8) is 0 Å². The van der Waals surface area contributed by atoms with Crippen LogP contribution in [-0.4, -0.2) is 39.7 Å². The second-order valence-electron chi connectivity index (χ2n) is 8.88. The molecule has 2 atom stereocenters. The van der Waals surface area contributed by atoms with Crippen molar-refractivity contribution >= 4 is 14.0 Å². The monoisotopic (exact) mass is 336 g/mol. The van der Waals surface area contributed by atoms with E-state index in [9.17, 15) is 0 Å². The predicted molar refractivity (Wildman–Crippen MR) is 104 cm³/mol. The van der Waals surface area contributed by atoms with Gasteiger partial charge in [-0.1, -0.05) is 45.1 Å². The van der Waals surface area contributed by atoms with E-state index in [4.69, 9.17) is 9.53 Å². The molecule has 132 valence electrons. The van der Waals surface area contributed by atoms with E-state index in [1.165, 1.54) is 11.3 Å². The van der Waals surface area contributed by atoms with Crippen LogP contribution in [0.25, 0.3) is 0 Å². The molecule has 3 nitrogen and oxygen atoms in total. The fourth-order valence-corrected chi connectivity index (χ4v) is 3.44. The highest BCUT2D eigenvalue weighted by atomic mass is 28.4. The Morgan fingerprint density at radius 3 is 2.43 bits per heavy atom. The molecule has 0 heterocycles. The van der Waals surface area contributed by atoms with Crippen molar-refractivity contribution in [1.82, 2.24) is 5.01 Å². The molecule has 1 aliphatic rings. The minimum Gasteiger partial charge on any atom is -0.416 e. The van der Waals surface area contributed by atoms with Crippen LogP contribution < -0.4 is 0 Å². The van der Waals surface area contributed by atoms with Crippen LogP contribution in [0.1, 0.15) is 41.0 Å². The van der Waals surface area contributed by atoms with Gasteiger partial charge in [0.25, 0.3) is 0 Å². The second kappa shape index (κ2) is 6.94. The van der Waals surface area contributed by atoms with Gasteiger partial charge in [0.1, 0.15) is 0 Å². The van der Waals surface area contributed by atoms with Gasteiger partial charge in [0.05, 0.1) is 5.71 Å². The van der Waals surface area contributed by atoms with Crippen molar-refractivity contribution in [2.75, 3.05) is 20.7 Å². The Kier molecular flexibility index (Phi) is 6.08. The molecule has 0 saturated carbocycles. The third-order valence-corrected chi connectivity index (χ3v) is 9.74. The first-order valence-corrected chi connectivity index (χ1v) is 11.4. The Morgan fingerprint density at radius 2 is 2.00 bits per heavy atom. The molecule has 0 aromatic rings. The summed E-state index contributed by atoms with van der Waals surface area (Å²) in [6.07, 6.45) is 5.50. The van der Waals surface area contributed by atoms with Crippen LogP contribution in [-0.2, 0) is 4.43 Å². The van der Waals surface area contributed by atoms with Gasteiger partial charge in [0.2, 0.25) is 0 Å². The van der Waals surface area contributed by atoms with Crippen LogP contribution in [0.5, 0.6) is 0 Å². The molecule has 0 N–H and O–H groups in total. The molecule has 0 aromatic carbocycles. The number of nitrogens with zero attached hydrogens (tertiary/aromatic N) is 2. The Bertz CT molecular complexity index is 500. The van der Waals surface area contributed by atoms with E-state index < -0.39 is 8.32 Å². The smallest absolute Gasteiger partial charge is 0.192 e. The van der Waals surface area contributed by atoms with Crippen LogP contribution >= 0.6 is 0 Å². The fraction of sp³-hybridized carbons (Fsp3) is 0.737. The minimum atomic E-state index is -1.76. The zero-order valence-electron chi connectivity index (χ0n) is 16.7. The van der Waals surface area contributed by atoms with Crippen molar-refractivity contribution in [3.05, 3.63) is 24.3 Å². The summed E-state index contributed by atoms with van der Waals surface area (Å²) in [6.45, 7) is 20.6. The SMILES string of the molecule is C=C(C)[C@@H]1C=C[C@](C)(CO[Si](C)(C)C(C)(C)C)/C(=N/N(C)C)C1. The van der Waals surface area contributed by atoms with E-state index in [2.05, 4.69) is 66.4 Å². The van der Waals surface area contributed by atoms with Crippen molar-refractivity contribution in [3.8, 4) is 0 Å². The first kappa shape index (κ1) is 20.2. The van der Waals surface area contributed by atoms with Gasteiger partial charge in [-0.15, -0.1) is 0 Å². The highest BCUT2D eigenvalue weighted by Crippen LogP contribution is 2.40. The van der Waals surface area contributed by atoms with Crippen molar-refractivity contribution < 1.29 is 4.43 Å². The van der Waals surface area contributed by atoms with Gasteiger partial charge < -0.3 is 9.43 Å². The summed E-state index contributed by atoms with van der Waals surface area (Å²) in [5, 5.41) is 6.90. The Morgan fingerprint density at radius 1 is 1.43 bits per heavy atom. The van der Waals surface area contributed by atoms with E-state index in [1.54, 1.807) is 0 Å². The molecule has 23 heavy (non-hydrogen) atoms. The lowest BCUT2D eigenvalue weighted by atomic mass is 9.74. The Hall–Kier alpha value is -0.873. The summed E-state index contributed by atoms with van der Waals surface area (Å²) in [7, 11) is 2.20. The molecule has 0 saturated heterocycles. The van der Waals surface area contributed by atoms with Crippen LogP contribution in [0.3, 0.4) is 0 Å². The summed E-state index contributed by atoms with van der Waals surface area (Å²) in [5.74, 6) is 0.384. The molecule has 0 aromatic heterocycles.